The first-order valence-electron chi connectivity index (χ1n) is 11.8. The normalized spacial score (nSPS) is 19.8. The van der Waals surface area contributed by atoms with Crippen molar-refractivity contribution in [2.24, 2.45) is 17.3 Å². The van der Waals surface area contributed by atoms with Gasteiger partial charge in [0.25, 0.3) is 0 Å². The summed E-state index contributed by atoms with van der Waals surface area (Å²) in [4.78, 5) is 53.4. The monoisotopic (exact) mass is 528 g/mol. The van der Waals surface area contributed by atoms with Gasteiger partial charge in [-0.25, -0.2) is 0 Å². The molecule has 0 saturated heterocycles. The first-order chi connectivity index (χ1) is 18.2. The molecule has 0 spiro atoms. The zero-order valence-corrected chi connectivity index (χ0v) is 22.2. The van der Waals surface area contributed by atoms with Crippen molar-refractivity contribution < 1.29 is 47.6 Å². The molecule has 10 heteroatoms. The second-order valence-corrected chi connectivity index (χ2v) is 8.89. The van der Waals surface area contributed by atoms with Crippen molar-refractivity contribution in [2.75, 3.05) is 42.7 Å². The minimum Gasteiger partial charge on any atom is -0.497 e. The van der Waals surface area contributed by atoms with Crippen LogP contribution in [0.5, 0.6) is 11.5 Å². The van der Waals surface area contributed by atoms with E-state index in [0.29, 0.717) is 17.1 Å². The Morgan fingerprint density at radius 3 is 1.45 bits per heavy atom. The maximum Gasteiger partial charge on any atom is 0.323 e. The Labute approximate surface area is 221 Å². The largest absolute Gasteiger partial charge is 0.497 e. The standard InChI is InChI=1S/C28H32O10/c1-33-18-11-7-16(8-12-18)20-15-28(26(31)37-5,27(32)38-6)23(22(24(29)35-3)25(30)36-4)21(20)17-9-13-19(34-2)14-10-17/h7-14,20-23H,15H2,1-6H3/t20-,21-,23-/m0/s1. The number of esters is 4. The van der Waals surface area contributed by atoms with E-state index in [1.165, 1.54) is 14.2 Å². The molecule has 0 bridgehead atoms. The highest BCUT2D eigenvalue weighted by Crippen LogP contribution is 2.62. The van der Waals surface area contributed by atoms with Crippen LogP contribution in [0.15, 0.2) is 48.5 Å². The third kappa shape index (κ3) is 4.90. The molecular weight excluding hydrogens is 496 g/mol. The van der Waals surface area contributed by atoms with Crippen molar-refractivity contribution >= 4 is 23.9 Å². The van der Waals surface area contributed by atoms with Crippen molar-refractivity contribution in [1.29, 1.82) is 0 Å². The van der Waals surface area contributed by atoms with E-state index < -0.39 is 53.0 Å². The van der Waals surface area contributed by atoms with Gasteiger partial charge in [-0.1, -0.05) is 24.3 Å². The summed E-state index contributed by atoms with van der Waals surface area (Å²) >= 11 is 0. The number of benzene rings is 2. The molecule has 1 fully saturated rings. The summed E-state index contributed by atoms with van der Waals surface area (Å²) in [6.45, 7) is 0. The van der Waals surface area contributed by atoms with Crippen molar-refractivity contribution in [1.82, 2.24) is 0 Å². The lowest BCUT2D eigenvalue weighted by Crippen LogP contribution is -2.51. The van der Waals surface area contributed by atoms with Gasteiger partial charge in [0.05, 0.1) is 42.7 Å². The van der Waals surface area contributed by atoms with Gasteiger partial charge in [-0.2, -0.15) is 0 Å². The predicted octanol–water partition coefficient (Wildman–Crippen LogP) is 2.89. The van der Waals surface area contributed by atoms with E-state index in [1.807, 2.05) is 12.1 Å². The summed E-state index contributed by atoms with van der Waals surface area (Å²) in [6, 6.07) is 14.1. The van der Waals surface area contributed by atoms with E-state index in [0.717, 1.165) is 34.0 Å². The van der Waals surface area contributed by atoms with Crippen LogP contribution in [0.2, 0.25) is 0 Å². The van der Waals surface area contributed by atoms with E-state index in [1.54, 1.807) is 36.4 Å². The lowest BCUT2D eigenvalue weighted by atomic mass is 9.66. The number of ether oxygens (including phenoxy) is 6. The van der Waals surface area contributed by atoms with Crippen LogP contribution in [-0.2, 0) is 38.1 Å². The van der Waals surface area contributed by atoms with Crippen LogP contribution >= 0.6 is 0 Å². The molecule has 0 radical (unpaired) electrons. The fourth-order valence-electron chi connectivity index (χ4n) is 5.63. The van der Waals surface area contributed by atoms with E-state index in [9.17, 15) is 19.2 Å². The van der Waals surface area contributed by atoms with Gasteiger partial charge in [-0.05, 0) is 53.6 Å². The Hall–Kier alpha value is -4.08. The predicted molar refractivity (Wildman–Crippen MR) is 134 cm³/mol. The fourth-order valence-corrected chi connectivity index (χ4v) is 5.63. The highest BCUT2D eigenvalue weighted by atomic mass is 16.6. The van der Waals surface area contributed by atoms with Crippen LogP contribution in [0.1, 0.15) is 29.4 Å². The number of carbonyl (C=O) groups excluding carboxylic acids is 4. The maximum atomic E-state index is 13.6. The molecule has 0 aromatic heterocycles. The number of hydrogen-bond donors (Lipinski definition) is 0. The maximum absolute atomic E-state index is 13.6. The van der Waals surface area contributed by atoms with Gasteiger partial charge in [0.2, 0.25) is 0 Å². The summed E-state index contributed by atoms with van der Waals surface area (Å²) in [7, 11) is 7.58. The lowest BCUT2D eigenvalue weighted by Gasteiger charge is -2.35. The third-order valence-corrected chi connectivity index (χ3v) is 7.34. The van der Waals surface area contributed by atoms with Crippen molar-refractivity contribution in [3.8, 4) is 11.5 Å². The molecule has 3 rings (SSSR count). The molecule has 2 aromatic rings. The molecule has 0 aliphatic heterocycles. The summed E-state index contributed by atoms with van der Waals surface area (Å²) in [6.07, 6.45) is -0.107. The second-order valence-electron chi connectivity index (χ2n) is 8.89. The first-order valence-corrected chi connectivity index (χ1v) is 11.8. The van der Waals surface area contributed by atoms with Gasteiger partial charge in [0.1, 0.15) is 11.5 Å². The van der Waals surface area contributed by atoms with Crippen molar-refractivity contribution in [3.63, 3.8) is 0 Å². The average molecular weight is 529 g/mol. The molecule has 0 amide bonds. The van der Waals surface area contributed by atoms with Crippen LogP contribution in [0, 0.1) is 17.3 Å². The number of hydrogen-bond acceptors (Lipinski definition) is 10. The van der Waals surface area contributed by atoms with Gasteiger partial charge in [-0.15, -0.1) is 0 Å². The van der Waals surface area contributed by atoms with Crippen LogP contribution in [0.3, 0.4) is 0 Å². The zero-order chi connectivity index (χ0) is 28.0. The summed E-state index contributed by atoms with van der Waals surface area (Å²) in [5.41, 5.74) is -0.630. The number of carbonyl (C=O) groups is 4. The Morgan fingerprint density at radius 2 is 1.08 bits per heavy atom. The third-order valence-electron chi connectivity index (χ3n) is 7.34. The molecule has 1 aliphatic rings. The molecule has 38 heavy (non-hydrogen) atoms. The minimum absolute atomic E-state index is 0.107. The molecular formula is C28H32O10. The molecule has 0 N–H and O–H groups in total. The second kappa shape index (κ2) is 12.0. The highest BCUT2D eigenvalue weighted by Gasteiger charge is 2.69. The van der Waals surface area contributed by atoms with Gasteiger partial charge in [0.15, 0.2) is 11.3 Å². The van der Waals surface area contributed by atoms with Gasteiger partial charge in [0, 0.05) is 5.92 Å². The lowest BCUT2D eigenvalue weighted by molar-refractivity contribution is -0.178. The smallest absolute Gasteiger partial charge is 0.323 e. The summed E-state index contributed by atoms with van der Waals surface area (Å²) in [5, 5.41) is 0. The Morgan fingerprint density at radius 1 is 0.658 bits per heavy atom. The fraction of sp³-hybridized carbons (Fsp3) is 0.429. The SMILES string of the molecule is COC(=O)C(C(=O)OC)[C@@H]1[C@@H](c2ccc(OC)cc2)[C@H](c2ccc(OC)cc2)CC1(C(=O)OC)C(=O)OC. The van der Waals surface area contributed by atoms with Crippen LogP contribution < -0.4 is 9.47 Å². The topological polar surface area (TPSA) is 124 Å². The van der Waals surface area contributed by atoms with E-state index in [-0.39, 0.29) is 6.42 Å². The highest BCUT2D eigenvalue weighted by molar-refractivity contribution is 6.04. The van der Waals surface area contributed by atoms with Crippen LogP contribution in [-0.4, -0.2) is 66.5 Å². The molecule has 1 saturated carbocycles. The first kappa shape index (κ1) is 28.5. The zero-order valence-electron chi connectivity index (χ0n) is 22.2. The van der Waals surface area contributed by atoms with Crippen LogP contribution in [0.4, 0.5) is 0 Å². The van der Waals surface area contributed by atoms with Crippen molar-refractivity contribution in [2.45, 2.75) is 18.3 Å². The van der Waals surface area contributed by atoms with Gasteiger partial charge in [-0.3, -0.25) is 19.2 Å². The molecule has 10 nitrogen and oxygen atoms in total. The van der Waals surface area contributed by atoms with Crippen LogP contribution in [0.25, 0.3) is 0 Å². The average Bonchev–Trinajstić information content (AvgIpc) is 3.32. The molecule has 204 valence electrons. The molecule has 0 unspecified atom stereocenters. The van der Waals surface area contributed by atoms with E-state index in [4.69, 9.17) is 28.4 Å². The molecule has 0 heterocycles. The molecule has 2 aromatic carbocycles. The minimum atomic E-state index is -2.04. The molecule has 3 atom stereocenters. The summed E-state index contributed by atoms with van der Waals surface area (Å²) < 4.78 is 30.8. The number of methoxy groups -OCH3 is 6. The van der Waals surface area contributed by atoms with Crippen molar-refractivity contribution in [3.05, 3.63) is 59.7 Å². The van der Waals surface area contributed by atoms with Gasteiger partial charge < -0.3 is 28.4 Å². The number of rotatable bonds is 9. The quantitative estimate of drug-likeness (QED) is 0.273. The Kier molecular flexibility index (Phi) is 8.98. The van der Waals surface area contributed by atoms with E-state index >= 15 is 0 Å². The Bertz CT molecular complexity index is 1120. The van der Waals surface area contributed by atoms with E-state index in [2.05, 4.69) is 0 Å². The van der Waals surface area contributed by atoms with Gasteiger partial charge >= 0.3 is 23.9 Å². The summed E-state index contributed by atoms with van der Waals surface area (Å²) in [5.74, 6) is -6.75. The molecule has 1 aliphatic carbocycles. The Balaban J connectivity index is 2.40.